The third-order valence-electron chi connectivity index (χ3n) is 3.45. The molecule has 2 aromatic carbocycles. The molecule has 0 aliphatic rings. The Morgan fingerprint density at radius 1 is 1.09 bits per heavy atom. The number of nitrogens with one attached hydrogen (secondary N) is 2. The largest absolute Gasteiger partial charge is 0.497 e. The molecule has 0 aliphatic heterocycles. The second kappa shape index (κ2) is 6.79. The number of fused-ring (bicyclic) bond motifs is 1. The quantitative estimate of drug-likeness (QED) is 0.759. The summed E-state index contributed by atoms with van der Waals surface area (Å²) in [7, 11) is 1.61. The maximum atomic E-state index is 12.1. The number of ether oxygens (including phenoxy) is 1. The van der Waals surface area contributed by atoms with Gasteiger partial charge in [-0.25, -0.2) is 0 Å². The highest BCUT2D eigenvalue weighted by atomic mass is 16.5. The van der Waals surface area contributed by atoms with E-state index in [0.717, 1.165) is 28.0 Å². The Kier molecular flexibility index (Phi) is 4.38. The predicted octanol–water partition coefficient (Wildman–Crippen LogP) is 3.29. The molecule has 5 heteroatoms. The number of methoxy groups -OCH3 is 1. The summed E-state index contributed by atoms with van der Waals surface area (Å²) in [6.07, 6.45) is 1.74. The van der Waals surface area contributed by atoms with E-state index in [0.29, 0.717) is 0 Å². The zero-order valence-corrected chi connectivity index (χ0v) is 12.7. The molecule has 0 bridgehead atoms. The second-order valence-electron chi connectivity index (χ2n) is 5.01. The molecule has 116 valence electrons. The lowest BCUT2D eigenvalue weighted by molar-refractivity contribution is -0.114. The Balaban J connectivity index is 1.63. The number of carbonyl (C=O) groups excluding carboxylic acids is 1. The van der Waals surface area contributed by atoms with E-state index in [1.807, 2.05) is 30.3 Å². The summed E-state index contributed by atoms with van der Waals surface area (Å²) in [6, 6.07) is 16.9. The number of rotatable bonds is 5. The number of para-hydroxylation sites is 1. The van der Waals surface area contributed by atoms with Crippen molar-refractivity contribution < 1.29 is 9.53 Å². The highest BCUT2D eigenvalue weighted by Crippen LogP contribution is 2.20. The predicted molar refractivity (Wildman–Crippen MR) is 91.9 cm³/mol. The molecular weight excluding hydrogens is 290 g/mol. The van der Waals surface area contributed by atoms with Gasteiger partial charge in [0, 0.05) is 17.3 Å². The van der Waals surface area contributed by atoms with Gasteiger partial charge in [-0.05, 0) is 36.4 Å². The van der Waals surface area contributed by atoms with Gasteiger partial charge in [-0.2, -0.15) is 0 Å². The molecule has 3 rings (SSSR count). The lowest BCUT2D eigenvalue weighted by Gasteiger charge is -2.10. The first-order valence-electron chi connectivity index (χ1n) is 7.28. The van der Waals surface area contributed by atoms with Crippen LogP contribution >= 0.6 is 0 Å². The van der Waals surface area contributed by atoms with Crippen LogP contribution in [0.25, 0.3) is 10.9 Å². The van der Waals surface area contributed by atoms with Gasteiger partial charge in [0.2, 0.25) is 5.91 Å². The van der Waals surface area contributed by atoms with Crippen LogP contribution in [0.4, 0.5) is 11.4 Å². The zero-order chi connectivity index (χ0) is 16.1. The van der Waals surface area contributed by atoms with Crippen LogP contribution in [0.3, 0.4) is 0 Å². The van der Waals surface area contributed by atoms with Crippen molar-refractivity contribution in [2.75, 3.05) is 24.3 Å². The summed E-state index contributed by atoms with van der Waals surface area (Å²) >= 11 is 0. The number of hydrogen-bond donors (Lipinski definition) is 2. The van der Waals surface area contributed by atoms with Crippen LogP contribution in [0.5, 0.6) is 5.75 Å². The Morgan fingerprint density at radius 3 is 2.65 bits per heavy atom. The molecule has 1 heterocycles. The molecule has 0 unspecified atom stereocenters. The van der Waals surface area contributed by atoms with Crippen molar-refractivity contribution in [2.24, 2.45) is 0 Å². The summed E-state index contributed by atoms with van der Waals surface area (Å²) in [6.45, 7) is 0.168. The third-order valence-corrected chi connectivity index (χ3v) is 3.45. The molecule has 1 aromatic heterocycles. The fraction of sp³-hybridized carbons (Fsp3) is 0.111. The first-order chi connectivity index (χ1) is 11.3. The van der Waals surface area contributed by atoms with Gasteiger partial charge in [-0.3, -0.25) is 9.78 Å². The van der Waals surface area contributed by atoms with Crippen molar-refractivity contribution in [1.82, 2.24) is 4.98 Å². The Labute approximate surface area is 134 Å². The van der Waals surface area contributed by atoms with Crippen molar-refractivity contribution >= 4 is 28.2 Å². The van der Waals surface area contributed by atoms with Crippen molar-refractivity contribution in [3.05, 3.63) is 60.8 Å². The number of hydrogen-bond acceptors (Lipinski definition) is 4. The topological polar surface area (TPSA) is 63.2 Å². The van der Waals surface area contributed by atoms with Gasteiger partial charge in [0.1, 0.15) is 5.75 Å². The molecule has 0 aliphatic carbocycles. The standard InChI is InChI=1S/C18H17N3O2/c1-23-15-9-7-14(8-10-15)21-17(22)12-20-16-6-2-4-13-5-3-11-19-18(13)16/h2-11,20H,12H2,1H3,(H,21,22). The summed E-state index contributed by atoms with van der Waals surface area (Å²) in [5.41, 5.74) is 2.42. The SMILES string of the molecule is COc1ccc(NC(=O)CNc2cccc3cccnc23)cc1. The van der Waals surface area contributed by atoms with E-state index in [4.69, 9.17) is 4.74 Å². The first-order valence-corrected chi connectivity index (χ1v) is 7.28. The highest BCUT2D eigenvalue weighted by Gasteiger charge is 2.05. The van der Waals surface area contributed by atoms with Crippen molar-refractivity contribution in [1.29, 1.82) is 0 Å². The monoisotopic (exact) mass is 307 g/mol. The van der Waals surface area contributed by atoms with Gasteiger partial charge in [-0.15, -0.1) is 0 Å². The second-order valence-corrected chi connectivity index (χ2v) is 5.01. The van der Waals surface area contributed by atoms with E-state index in [-0.39, 0.29) is 12.5 Å². The van der Waals surface area contributed by atoms with Crippen LogP contribution in [0.2, 0.25) is 0 Å². The van der Waals surface area contributed by atoms with Crippen LogP contribution in [0, 0.1) is 0 Å². The maximum Gasteiger partial charge on any atom is 0.243 e. The Bertz CT molecular complexity index is 811. The Morgan fingerprint density at radius 2 is 1.87 bits per heavy atom. The molecule has 0 saturated heterocycles. The van der Waals surface area contributed by atoms with Crippen LogP contribution in [0.1, 0.15) is 0 Å². The minimum absolute atomic E-state index is 0.122. The van der Waals surface area contributed by atoms with Crippen LogP contribution in [0.15, 0.2) is 60.8 Å². The first kappa shape index (κ1) is 14.8. The molecule has 0 radical (unpaired) electrons. The molecule has 0 saturated carbocycles. The number of nitrogens with zero attached hydrogens (tertiary/aromatic N) is 1. The van der Waals surface area contributed by atoms with E-state index in [2.05, 4.69) is 15.6 Å². The molecule has 0 fully saturated rings. The number of carbonyl (C=O) groups is 1. The highest BCUT2D eigenvalue weighted by molar-refractivity contribution is 5.96. The van der Waals surface area contributed by atoms with E-state index >= 15 is 0 Å². The molecule has 0 spiro atoms. The summed E-state index contributed by atoms with van der Waals surface area (Å²) < 4.78 is 5.09. The van der Waals surface area contributed by atoms with Gasteiger partial charge in [0.15, 0.2) is 0 Å². The third kappa shape index (κ3) is 3.58. The maximum absolute atomic E-state index is 12.1. The van der Waals surface area contributed by atoms with Gasteiger partial charge >= 0.3 is 0 Å². The molecule has 2 N–H and O–H groups in total. The summed E-state index contributed by atoms with van der Waals surface area (Å²) in [4.78, 5) is 16.4. The van der Waals surface area contributed by atoms with Crippen molar-refractivity contribution in [2.45, 2.75) is 0 Å². The Hall–Kier alpha value is -3.08. The zero-order valence-electron chi connectivity index (χ0n) is 12.7. The van der Waals surface area contributed by atoms with E-state index < -0.39 is 0 Å². The number of anilines is 2. The van der Waals surface area contributed by atoms with Gasteiger partial charge in [-0.1, -0.05) is 18.2 Å². The van der Waals surface area contributed by atoms with Gasteiger partial charge in [0.25, 0.3) is 0 Å². The molecular formula is C18H17N3O2. The molecule has 23 heavy (non-hydrogen) atoms. The van der Waals surface area contributed by atoms with Crippen molar-refractivity contribution in [3.8, 4) is 5.75 Å². The summed E-state index contributed by atoms with van der Waals surface area (Å²) in [5.74, 6) is 0.631. The fourth-order valence-electron chi connectivity index (χ4n) is 2.30. The smallest absolute Gasteiger partial charge is 0.243 e. The number of benzene rings is 2. The molecule has 0 atom stereocenters. The lowest BCUT2D eigenvalue weighted by Crippen LogP contribution is -2.21. The lowest BCUT2D eigenvalue weighted by atomic mass is 10.2. The molecule has 5 nitrogen and oxygen atoms in total. The average molecular weight is 307 g/mol. The normalized spacial score (nSPS) is 10.3. The van der Waals surface area contributed by atoms with E-state index in [1.54, 1.807) is 37.6 Å². The number of aromatic nitrogens is 1. The number of pyridine rings is 1. The van der Waals surface area contributed by atoms with Gasteiger partial charge < -0.3 is 15.4 Å². The molecule has 1 amide bonds. The van der Waals surface area contributed by atoms with Crippen LogP contribution < -0.4 is 15.4 Å². The van der Waals surface area contributed by atoms with E-state index in [1.165, 1.54) is 0 Å². The van der Waals surface area contributed by atoms with Gasteiger partial charge in [0.05, 0.1) is 24.9 Å². The minimum Gasteiger partial charge on any atom is -0.497 e. The van der Waals surface area contributed by atoms with Crippen LogP contribution in [-0.4, -0.2) is 24.5 Å². The van der Waals surface area contributed by atoms with Crippen LogP contribution in [-0.2, 0) is 4.79 Å². The van der Waals surface area contributed by atoms with E-state index in [9.17, 15) is 4.79 Å². The average Bonchev–Trinajstić information content (AvgIpc) is 2.60. The van der Waals surface area contributed by atoms with Crippen molar-refractivity contribution in [3.63, 3.8) is 0 Å². The fourth-order valence-corrected chi connectivity index (χ4v) is 2.30. The molecule has 3 aromatic rings. The minimum atomic E-state index is -0.122. The summed E-state index contributed by atoms with van der Waals surface area (Å²) in [5, 5.41) is 7.00. The number of amides is 1.